The lowest BCUT2D eigenvalue weighted by atomic mass is 10.1. The number of halogens is 3. The van der Waals surface area contributed by atoms with E-state index in [4.69, 9.17) is 9.52 Å². The van der Waals surface area contributed by atoms with Crippen molar-refractivity contribution in [2.75, 3.05) is 0 Å². The van der Waals surface area contributed by atoms with E-state index >= 15 is 0 Å². The first-order valence-corrected chi connectivity index (χ1v) is 6.18. The van der Waals surface area contributed by atoms with Gasteiger partial charge in [-0.1, -0.05) is 0 Å². The minimum Gasteiger partial charge on any atom is -0.481 e. The minimum absolute atomic E-state index is 0.0577. The topological polar surface area (TPSA) is 67.7 Å². The van der Waals surface area contributed by atoms with Gasteiger partial charge in [-0.3, -0.25) is 4.79 Å². The van der Waals surface area contributed by atoms with Crippen molar-refractivity contribution in [2.24, 2.45) is 0 Å². The first-order valence-electron chi connectivity index (χ1n) is 6.18. The van der Waals surface area contributed by atoms with Crippen LogP contribution >= 0.6 is 0 Å². The fraction of sp³-hybridized carbons (Fsp3) is 0.143. The van der Waals surface area contributed by atoms with Gasteiger partial charge in [0, 0.05) is 23.5 Å². The molecule has 3 aromatic rings. The van der Waals surface area contributed by atoms with Crippen LogP contribution < -0.4 is 0 Å². The Balaban J connectivity index is 2.23. The summed E-state index contributed by atoms with van der Waals surface area (Å²) in [6.07, 6.45) is 0.371. The predicted molar refractivity (Wildman–Crippen MR) is 69.2 cm³/mol. The standard InChI is InChI=1S/C14H9F3N2O3/c15-14(16,17)11-3-9(8-1-2-22-7-8)5-19-6-10(4-12(20)21)18-13(11)19/h1-3,5-7H,4H2,(H,20,21). The molecule has 0 fully saturated rings. The third-order valence-corrected chi connectivity index (χ3v) is 3.09. The van der Waals surface area contributed by atoms with Gasteiger partial charge in [0.1, 0.15) is 5.65 Å². The second kappa shape index (κ2) is 4.90. The maximum absolute atomic E-state index is 13.2. The Morgan fingerprint density at radius 1 is 1.32 bits per heavy atom. The average molecular weight is 310 g/mol. The largest absolute Gasteiger partial charge is 0.481 e. The molecule has 0 atom stereocenters. The van der Waals surface area contributed by atoms with Crippen LogP contribution in [-0.4, -0.2) is 20.5 Å². The molecule has 0 unspecified atom stereocenters. The molecule has 0 bridgehead atoms. The Morgan fingerprint density at radius 3 is 2.68 bits per heavy atom. The zero-order valence-electron chi connectivity index (χ0n) is 11.0. The second-order valence-corrected chi connectivity index (χ2v) is 4.69. The average Bonchev–Trinajstić information content (AvgIpc) is 3.03. The Bertz CT molecular complexity index is 835. The maximum Gasteiger partial charge on any atom is 0.420 e. The monoisotopic (exact) mass is 310 g/mol. The SMILES string of the molecule is O=C(O)Cc1cn2cc(-c3ccoc3)cc(C(F)(F)F)c2n1. The van der Waals surface area contributed by atoms with E-state index < -0.39 is 24.1 Å². The van der Waals surface area contributed by atoms with Gasteiger partial charge in [0.2, 0.25) is 0 Å². The van der Waals surface area contributed by atoms with Crippen LogP contribution in [0.25, 0.3) is 16.8 Å². The zero-order valence-corrected chi connectivity index (χ0v) is 11.0. The number of hydrogen-bond acceptors (Lipinski definition) is 3. The summed E-state index contributed by atoms with van der Waals surface area (Å²) in [6, 6.07) is 2.51. The fourth-order valence-corrected chi connectivity index (χ4v) is 2.18. The number of carboxylic acid groups (broad SMARTS) is 1. The van der Waals surface area contributed by atoms with E-state index in [9.17, 15) is 18.0 Å². The molecule has 5 nitrogen and oxygen atoms in total. The van der Waals surface area contributed by atoms with Crippen LogP contribution in [0, 0.1) is 0 Å². The van der Waals surface area contributed by atoms with Crippen molar-refractivity contribution in [1.29, 1.82) is 0 Å². The van der Waals surface area contributed by atoms with Gasteiger partial charge in [0.05, 0.1) is 30.2 Å². The predicted octanol–water partition coefficient (Wildman–Crippen LogP) is 3.24. The van der Waals surface area contributed by atoms with Crippen molar-refractivity contribution in [2.45, 2.75) is 12.6 Å². The molecule has 1 N–H and O–H groups in total. The van der Waals surface area contributed by atoms with Crippen molar-refractivity contribution in [1.82, 2.24) is 9.38 Å². The molecule has 0 aliphatic rings. The first kappa shape index (κ1) is 14.2. The summed E-state index contributed by atoms with van der Waals surface area (Å²) in [5.74, 6) is -1.16. The molecule has 0 saturated carbocycles. The summed E-state index contributed by atoms with van der Waals surface area (Å²) < 4.78 is 45.7. The summed E-state index contributed by atoms with van der Waals surface area (Å²) in [4.78, 5) is 14.5. The molecule has 3 aromatic heterocycles. The van der Waals surface area contributed by atoms with Crippen molar-refractivity contribution in [3.8, 4) is 11.1 Å². The Hall–Kier alpha value is -2.77. The molecule has 3 rings (SSSR count). The van der Waals surface area contributed by atoms with Crippen molar-refractivity contribution >= 4 is 11.6 Å². The molecule has 0 amide bonds. The first-order chi connectivity index (χ1) is 10.3. The minimum atomic E-state index is -4.60. The number of carbonyl (C=O) groups is 1. The highest BCUT2D eigenvalue weighted by atomic mass is 19.4. The van der Waals surface area contributed by atoms with E-state index in [1.165, 1.54) is 35.4 Å². The van der Waals surface area contributed by atoms with Gasteiger partial charge in [-0.05, 0) is 12.1 Å². The van der Waals surface area contributed by atoms with Crippen LogP contribution in [0.1, 0.15) is 11.3 Å². The Morgan fingerprint density at radius 2 is 2.09 bits per heavy atom. The molecular formula is C14H9F3N2O3. The van der Waals surface area contributed by atoms with Gasteiger partial charge in [-0.15, -0.1) is 0 Å². The molecule has 22 heavy (non-hydrogen) atoms. The fourth-order valence-electron chi connectivity index (χ4n) is 2.18. The van der Waals surface area contributed by atoms with Crippen LogP contribution in [0.15, 0.2) is 41.5 Å². The van der Waals surface area contributed by atoms with Gasteiger partial charge < -0.3 is 13.9 Å². The third kappa shape index (κ3) is 2.54. The van der Waals surface area contributed by atoms with Crippen molar-refractivity contribution in [3.05, 3.63) is 48.3 Å². The van der Waals surface area contributed by atoms with Gasteiger partial charge in [-0.25, -0.2) is 4.98 Å². The zero-order chi connectivity index (χ0) is 15.9. The number of carboxylic acids is 1. The van der Waals surface area contributed by atoms with E-state index in [1.807, 2.05) is 0 Å². The lowest BCUT2D eigenvalue weighted by Gasteiger charge is -2.10. The summed E-state index contributed by atoms with van der Waals surface area (Å²) in [5, 5.41) is 8.74. The van der Waals surface area contributed by atoms with Crippen LogP contribution in [0.4, 0.5) is 13.2 Å². The maximum atomic E-state index is 13.2. The van der Waals surface area contributed by atoms with E-state index in [0.717, 1.165) is 6.07 Å². The lowest BCUT2D eigenvalue weighted by Crippen LogP contribution is -2.08. The van der Waals surface area contributed by atoms with Crippen LogP contribution in [0.5, 0.6) is 0 Å². The molecule has 3 heterocycles. The summed E-state index contributed by atoms with van der Waals surface area (Å²) in [5.41, 5.74) is -0.407. The second-order valence-electron chi connectivity index (χ2n) is 4.69. The highest BCUT2D eigenvalue weighted by Gasteiger charge is 2.35. The van der Waals surface area contributed by atoms with E-state index in [1.54, 1.807) is 0 Å². The number of rotatable bonds is 3. The number of hydrogen-bond donors (Lipinski definition) is 1. The molecule has 0 radical (unpaired) electrons. The highest BCUT2D eigenvalue weighted by Crippen LogP contribution is 2.35. The number of aromatic nitrogens is 2. The van der Waals surface area contributed by atoms with Crippen LogP contribution in [0.3, 0.4) is 0 Å². The normalized spacial score (nSPS) is 12.0. The number of furan rings is 1. The number of pyridine rings is 1. The van der Waals surface area contributed by atoms with Gasteiger partial charge in [0.15, 0.2) is 0 Å². The quantitative estimate of drug-likeness (QED) is 0.806. The van der Waals surface area contributed by atoms with Crippen LogP contribution in [0.2, 0.25) is 0 Å². The van der Waals surface area contributed by atoms with Crippen molar-refractivity contribution in [3.63, 3.8) is 0 Å². The van der Waals surface area contributed by atoms with Crippen LogP contribution in [-0.2, 0) is 17.4 Å². The van der Waals surface area contributed by atoms with E-state index in [0.29, 0.717) is 11.1 Å². The number of fused-ring (bicyclic) bond motifs is 1. The molecule has 0 spiro atoms. The summed E-state index contributed by atoms with van der Waals surface area (Å²) >= 11 is 0. The molecule has 0 saturated heterocycles. The molecule has 8 heteroatoms. The smallest absolute Gasteiger partial charge is 0.420 e. The molecule has 0 aliphatic heterocycles. The Labute approximate surface area is 121 Å². The van der Waals surface area contributed by atoms with E-state index in [2.05, 4.69) is 4.98 Å². The number of imidazole rings is 1. The van der Waals surface area contributed by atoms with Crippen molar-refractivity contribution < 1.29 is 27.5 Å². The summed E-state index contributed by atoms with van der Waals surface area (Å²) in [6.45, 7) is 0. The Kier molecular flexibility index (Phi) is 3.16. The highest BCUT2D eigenvalue weighted by molar-refractivity contribution is 5.71. The summed E-state index contributed by atoms with van der Waals surface area (Å²) in [7, 11) is 0. The third-order valence-electron chi connectivity index (χ3n) is 3.09. The molecule has 114 valence electrons. The van der Waals surface area contributed by atoms with Gasteiger partial charge in [0.25, 0.3) is 0 Å². The van der Waals surface area contributed by atoms with Gasteiger partial charge in [-0.2, -0.15) is 13.2 Å². The number of nitrogens with zero attached hydrogens (tertiary/aromatic N) is 2. The number of aliphatic carboxylic acids is 1. The number of alkyl halides is 3. The van der Waals surface area contributed by atoms with Gasteiger partial charge >= 0.3 is 12.1 Å². The molecule has 0 aromatic carbocycles. The van der Waals surface area contributed by atoms with E-state index in [-0.39, 0.29) is 11.3 Å². The lowest BCUT2D eigenvalue weighted by molar-refractivity contribution is -0.137. The molecular weight excluding hydrogens is 301 g/mol. The molecule has 0 aliphatic carbocycles.